The molecular weight excluding hydrogens is 673 g/mol. The molecule has 5 aromatic rings. The van der Waals surface area contributed by atoms with Crippen molar-refractivity contribution < 1.29 is 31.1 Å². The zero-order valence-electron chi connectivity index (χ0n) is 26.3. The first-order valence-corrected chi connectivity index (χ1v) is 17.4. The Hall–Kier alpha value is -4.64. The summed E-state index contributed by atoms with van der Waals surface area (Å²) in [5.41, 5.74) is 1.72. The van der Waals surface area contributed by atoms with Gasteiger partial charge in [-0.1, -0.05) is 109 Å². The second-order valence-electron chi connectivity index (χ2n) is 11.4. The molecule has 0 radical (unpaired) electrons. The maximum absolute atomic E-state index is 13.7. The predicted octanol–water partition coefficient (Wildman–Crippen LogP) is 8.58. The maximum atomic E-state index is 13.7. The van der Waals surface area contributed by atoms with E-state index in [0.717, 1.165) is 17.2 Å². The van der Waals surface area contributed by atoms with E-state index in [1.807, 2.05) is 60.7 Å². The van der Waals surface area contributed by atoms with Crippen molar-refractivity contribution in [1.29, 1.82) is 0 Å². The van der Waals surface area contributed by atoms with Crippen molar-refractivity contribution in [3.05, 3.63) is 166 Å². The molecule has 0 aromatic heterocycles. The van der Waals surface area contributed by atoms with Crippen LogP contribution in [0.5, 0.6) is 5.75 Å². The lowest BCUT2D eigenvalue weighted by Crippen LogP contribution is -2.31. The van der Waals surface area contributed by atoms with Crippen LogP contribution in [-0.2, 0) is 22.7 Å². The van der Waals surface area contributed by atoms with Crippen LogP contribution in [0.2, 0.25) is 5.02 Å². The molecule has 49 heavy (non-hydrogen) atoms. The van der Waals surface area contributed by atoms with Crippen molar-refractivity contribution in [2.45, 2.75) is 30.0 Å². The van der Waals surface area contributed by atoms with E-state index in [-0.39, 0.29) is 34.6 Å². The van der Waals surface area contributed by atoms with Crippen molar-refractivity contribution in [2.75, 3.05) is 19.7 Å². The van der Waals surface area contributed by atoms with Crippen LogP contribution >= 0.6 is 11.6 Å². The van der Waals surface area contributed by atoms with Crippen molar-refractivity contribution in [1.82, 2.24) is 9.62 Å². The number of benzene rings is 5. The third-order valence-corrected chi connectivity index (χ3v) is 9.68. The lowest BCUT2D eigenvalue weighted by molar-refractivity contribution is -0.137. The van der Waals surface area contributed by atoms with Gasteiger partial charge in [-0.2, -0.15) is 13.2 Å². The third kappa shape index (κ3) is 9.72. The fraction of sp³-hybridized carbons (Fsp3) is 0.184. The molecule has 0 spiro atoms. The Kier molecular flexibility index (Phi) is 11.8. The standard InChI is InChI=1S/C38H34ClF3N2O4S/c39-36-31(18-11-22-35(36)38(40,41)42)26-44(27-34(28-13-4-1-5-14-28)29-15-6-2-7-16-29)23-12-24-48-32-19-10-17-30(25-32)37(45)43-49(46,47)33-20-8-3-9-21-33/h1-11,13-22,25,34H,12,23-24,26-27H2,(H,43,45). The number of nitrogens with one attached hydrogen (secondary N) is 1. The fourth-order valence-corrected chi connectivity index (χ4v) is 6.76. The van der Waals surface area contributed by atoms with Crippen LogP contribution in [0.3, 0.4) is 0 Å². The van der Waals surface area contributed by atoms with Crippen molar-refractivity contribution in [2.24, 2.45) is 0 Å². The Morgan fingerprint density at radius 3 is 2.00 bits per heavy atom. The van der Waals surface area contributed by atoms with Gasteiger partial charge >= 0.3 is 6.18 Å². The predicted molar refractivity (Wildman–Crippen MR) is 184 cm³/mol. The SMILES string of the molecule is O=C(NS(=O)(=O)c1ccccc1)c1cccc(OCCCN(Cc2cccc(C(F)(F)F)c2Cl)CC(c2ccccc2)c2ccccc2)c1. The summed E-state index contributed by atoms with van der Waals surface area (Å²) < 4.78 is 74.3. The summed E-state index contributed by atoms with van der Waals surface area (Å²) in [6.07, 6.45) is -4.09. The molecule has 0 heterocycles. The largest absolute Gasteiger partial charge is 0.494 e. The molecule has 254 valence electrons. The molecule has 0 saturated heterocycles. The van der Waals surface area contributed by atoms with Crippen molar-refractivity contribution in [3.63, 3.8) is 0 Å². The minimum atomic E-state index is -4.58. The number of amides is 1. The van der Waals surface area contributed by atoms with Crippen LogP contribution in [0.1, 0.15) is 45.0 Å². The molecule has 0 unspecified atom stereocenters. The molecule has 5 aromatic carbocycles. The first kappa shape index (κ1) is 35.7. The summed E-state index contributed by atoms with van der Waals surface area (Å²) in [5.74, 6) is -0.509. The summed E-state index contributed by atoms with van der Waals surface area (Å²) in [4.78, 5) is 14.8. The molecule has 11 heteroatoms. The number of alkyl halides is 3. The Balaban J connectivity index is 1.30. The monoisotopic (exact) mass is 706 g/mol. The second kappa shape index (κ2) is 16.2. The van der Waals surface area contributed by atoms with E-state index in [4.69, 9.17) is 16.3 Å². The zero-order chi connectivity index (χ0) is 34.9. The molecule has 0 bridgehead atoms. The van der Waals surface area contributed by atoms with Gasteiger partial charge in [-0.05, 0) is 59.5 Å². The lowest BCUT2D eigenvalue weighted by atomic mass is 9.90. The number of carbonyl (C=O) groups is 1. The molecular formula is C38H34ClF3N2O4S. The van der Waals surface area contributed by atoms with E-state index in [2.05, 4.69) is 9.62 Å². The highest BCUT2D eigenvalue weighted by atomic mass is 35.5. The molecule has 0 saturated carbocycles. The van der Waals surface area contributed by atoms with Gasteiger partial charge in [-0.25, -0.2) is 13.1 Å². The molecule has 0 aliphatic rings. The summed E-state index contributed by atoms with van der Waals surface area (Å²) in [5, 5.41) is -0.323. The van der Waals surface area contributed by atoms with Gasteiger partial charge in [-0.3, -0.25) is 9.69 Å². The van der Waals surface area contributed by atoms with E-state index < -0.39 is 27.7 Å². The Bertz CT molecular complexity index is 1910. The Morgan fingerprint density at radius 1 is 0.796 bits per heavy atom. The second-order valence-corrected chi connectivity index (χ2v) is 13.4. The van der Waals surface area contributed by atoms with Gasteiger partial charge < -0.3 is 4.74 Å². The van der Waals surface area contributed by atoms with E-state index in [1.165, 1.54) is 30.3 Å². The highest BCUT2D eigenvalue weighted by molar-refractivity contribution is 7.90. The Morgan fingerprint density at radius 2 is 1.39 bits per heavy atom. The number of hydrogen-bond acceptors (Lipinski definition) is 5. The molecule has 0 aliphatic carbocycles. The van der Waals surface area contributed by atoms with Crippen LogP contribution in [0.4, 0.5) is 13.2 Å². The molecule has 0 aliphatic heterocycles. The maximum Gasteiger partial charge on any atom is 0.417 e. The molecule has 1 N–H and O–H groups in total. The smallest absolute Gasteiger partial charge is 0.417 e. The quantitative estimate of drug-likeness (QED) is 0.117. The molecule has 0 atom stereocenters. The van der Waals surface area contributed by atoms with Crippen LogP contribution < -0.4 is 9.46 Å². The van der Waals surface area contributed by atoms with E-state index in [9.17, 15) is 26.4 Å². The van der Waals surface area contributed by atoms with Crippen LogP contribution in [0, 0.1) is 0 Å². The number of ether oxygens (including phenoxy) is 1. The summed E-state index contributed by atoms with van der Waals surface area (Å²) >= 11 is 6.32. The minimum absolute atomic E-state index is 0.0338. The minimum Gasteiger partial charge on any atom is -0.494 e. The number of carbonyl (C=O) groups excluding carboxylic acids is 1. The van der Waals surface area contributed by atoms with Gasteiger partial charge in [0.15, 0.2) is 0 Å². The van der Waals surface area contributed by atoms with Crippen molar-refractivity contribution >= 4 is 27.5 Å². The van der Waals surface area contributed by atoms with Gasteiger partial charge in [0.05, 0.1) is 22.1 Å². The number of halogens is 4. The van der Waals surface area contributed by atoms with E-state index in [0.29, 0.717) is 30.8 Å². The first-order chi connectivity index (χ1) is 23.5. The van der Waals surface area contributed by atoms with E-state index >= 15 is 0 Å². The molecule has 6 nitrogen and oxygen atoms in total. The molecule has 5 rings (SSSR count). The number of rotatable bonds is 14. The van der Waals surface area contributed by atoms with Crippen LogP contribution in [0.25, 0.3) is 0 Å². The van der Waals surface area contributed by atoms with E-state index in [1.54, 1.807) is 36.4 Å². The fourth-order valence-electron chi connectivity index (χ4n) is 5.47. The summed E-state index contributed by atoms with van der Waals surface area (Å²) in [7, 11) is -4.06. The van der Waals surface area contributed by atoms with Gasteiger partial charge in [0.2, 0.25) is 0 Å². The lowest BCUT2D eigenvalue weighted by Gasteiger charge is -2.29. The number of hydrogen-bond donors (Lipinski definition) is 1. The number of nitrogens with zero attached hydrogens (tertiary/aromatic N) is 1. The van der Waals surface area contributed by atoms with Gasteiger partial charge in [0, 0.05) is 31.1 Å². The van der Waals surface area contributed by atoms with Gasteiger partial charge in [-0.15, -0.1) is 0 Å². The zero-order valence-corrected chi connectivity index (χ0v) is 27.9. The average molecular weight is 707 g/mol. The van der Waals surface area contributed by atoms with Gasteiger partial charge in [0.1, 0.15) is 5.75 Å². The van der Waals surface area contributed by atoms with Gasteiger partial charge in [0.25, 0.3) is 15.9 Å². The van der Waals surface area contributed by atoms with Crippen molar-refractivity contribution in [3.8, 4) is 5.75 Å². The highest BCUT2D eigenvalue weighted by Gasteiger charge is 2.34. The Labute approximate surface area is 289 Å². The third-order valence-electron chi connectivity index (χ3n) is 7.89. The number of sulfonamides is 1. The molecule has 1 amide bonds. The summed E-state index contributed by atoms with van der Waals surface area (Å²) in [6, 6.07) is 37.5. The average Bonchev–Trinajstić information content (AvgIpc) is 3.10. The van der Waals surface area contributed by atoms with Crippen LogP contribution in [-0.4, -0.2) is 38.9 Å². The normalized spacial score (nSPS) is 11.9. The summed E-state index contributed by atoms with van der Waals surface area (Å²) in [6.45, 7) is 1.34. The topological polar surface area (TPSA) is 75.7 Å². The van der Waals surface area contributed by atoms with Crippen LogP contribution in [0.15, 0.2) is 138 Å². The highest BCUT2D eigenvalue weighted by Crippen LogP contribution is 2.37. The molecule has 0 fully saturated rings. The first-order valence-electron chi connectivity index (χ1n) is 15.5.